The van der Waals surface area contributed by atoms with Crippen LogP contribution < -0.4 is 10.3 Å². The molecule has 0 radical (unpaired) electrons. The highest BCUT2D eigenvalue weighted by molar-refractivity contribution is 5.79. The van der Waals surface area contributed by atoms with E-state index in [2.05, 4.69) is 15.1 Å². The Hall–Kier alpha value is -3.16. The van der Waals surface area contributed by atoms with E-state index in [9.17, 15) is 9.59 Å². The van der Waals surface area contributed by atoms with Crippen molar-refractivity contribution in [2.75, 3.05) is 13.7 Å². The predicted octanol–water partition coefficient (Wildman–Crippen LogP) is 1.89. The van der Waals surface area contributed by atoms with Crippen molar-refractivity contribution in [3.8, 4) is 5.75 Å². The molecule has 0 aliphatic rings. The van der Waals surface area contributed by atoms with Gasteiger partial charge in [-0.1, -0.05) is 12.1 Å². The maximum absolute atomic E-state index is 12.8. The Kier molecular flexibility index (Phi) is 5.25. The molecule has 8 nitrogen and oxygen atoms in total. The van der Waals surface area contributed by atoms with E-state index in [-0.39, 0.29) is 23.9 Å². The van der Waals surface area contributed by atoms with Crippen molar-refractivity contribution < 1.29 is 9.53 Å². The number of nitrogens with one attached hydrogen (secondary N) is 1. The van der Waals surface area contributed by atoms with E-state index in [1.54, 1.807) is 18.9 Å². The van der Waals surface area contributed by atoms with Crippen LogP contribution >= 0.6 is 0 Å². The average Bonchev–Trinajstić information content (AvgIpc) is 3.13. The fourth-order valence-electron chi connectivity index (χ4n) is 2.92. The van der Waals surface area contributed by atoms with E-state index in [1.165, 1.54) is 10.8 Å². The molecule has 2 aromatic heterocycles. The maximum atomic E-state index is 12.8. The van der Waals surface area contributed by atoms with E-state index < -0.39 is 0 Å². The Morgan fingerprint density at radius 1 is 1.33 bits per heavy atom. The molecule has 0 saturated heterocycles. The minimum Gasteiger partial charge on any atom is -0.494 e. The Labute approximate surface area is 156 Å². The van der Waals surface area contributed by atoms with E-state index in [1.807, 2.05) is 38.1 Å². The molecule has 0 bridgehead atoms. The van der Waals surface area contributed by atoms with Gasteiger partial charge in [-0.3, -0.25) is 14.7 Å². The smallest absolute Gasteiger partial charge is 0.277 e. The fraction of sp³-hybridized carbons (Fsp3) is 0.368. The number of nitrogens with zero attached hydrogens (tertiary/aromatic N) is 4. The number of likely N-dealkylation sites (N-methyl/N-ethyl adjacent to an activating group) is 1. The summed E-state index contributed by atoms with van der Waals surface area (Å²) in [5, 5.41) is 2.72. The van der Waals surface area contributed by atoms with Gasteiger partial charge in [-0.05, 0) is 38.5 Å². The Bertz CT molecular complexity index is 1010. The van der Waals surface area contributed by atoms with E-state index in [4.69, 9.17) is 4.74 Å². The topological polar surface area (TPSA) is 92.6 Å². The maximum Gasteiger partial charge on any atom is 0.277 e. The predicted molar refractivity (Wildman–Crippen MR) is 101 cm³/mol. The molecular weight excluding hydrogens is 346 g/mol. The fourth-order valence-corrected chi connectivity index (χ4v) is 2.92. The molecule has 0 fully saturated rings. The molecule has 1 amide bonds. The number of fused-ring (bicyclic) bond motifs is 1. The molecule has 3 rings (SSSR count). The first kappa shape index (κ1) is 18.6. The van der Waals surface area contributed by atoms with Crippen LogP contribution in [0.3, 0.4) is 0 Å². The van der Waals surface area contributed by atoms with Crippen LogP contribution in [0, 0.1) is 6.92 Å². The summed E-state index contributed by atoms with van der Waals surface area (Å²) in [5.74, 6) is 0.938. The lowest BCUT2D eigenvalue weighted by molar-refractivity contribution is -0.131. The first-order chi connectivity index (χ1) is 12.9. The van der Waals surface area contributed by atoms with Crippen molar-refractivity contribution in [2.45, 2.75) is 33.2 Å². The Morgan fingerprint density at radius 3 is 2.70 bits per heavy atom. The second kappa shape index (κ2) is 7.61. The zero-order valence-corrected chi connectivity index (χ0v) is 15.9. The molecule has 0 aliphatic heterocycles. The summed E-state index contributed by atoms with van der Waals surface area (Å²) in [4.78, 5) is 35.2. The molecule has 8 heteroatoms. The van der Waals surface area contributed by atoms with Crippen LogP contribution in [0.1, 0.15) is 36.7 Å². The largest absolute Gasteiger partial charge is 0.494 e. The second-order valence-corrected chi connectivity index (χ2v) is 6.36. The standard InChI is InChI=1S/C19H23N5O3/c1-5-27-15-8-6-14(7-9-15)13(3)23(4)17(25)10-16-12(2)22-19-20-11-21-24(19)18(16)26/h6-9,11,13H,5,10H2,1-4H3,(H,20,21,22)/t13-/m1/s1. The van der Waals surface area contributed by atoms with Gasteiger partial charge in [0.25, 0.3) is 11.3 Å². The highest BCUT2D eigenvalue weighted by atomic mass is 16.5. The molecule has 0 unspecified atom stereocenters. The summed E-state index contributed by atoms with van der Waals surface area (Å²) in [6, 6.07) is 7.52. The number of benzene rings is 1. The quantitative estimate of drug-likeness (QED) is 0.716. The molecular formula is C19H23N5O3. The number of aryl methyl sites for hydroxylation is 1. The van der Waals surface area contributed by atoms with E-state index >= 15 is 0 Å². The molecule has 27 heavy (non-hydrogen) atoms. The van der Waals surface area contributed by atoms with Gasteiger partial charge in [0.05, 0.1) is 30.3 Å². The lowest BCUT2D eigenvalue weighted by Crippen LogP contribution is -2.33. The summed E-state index contributed by atoms with van der Waals surface area (Å²) in [6.07, 6.45) is 1.38. The molecule has 0 aliphatic carbocycles. The van der Waals surface area contributed by atoms with Crippen LogP contribution in [0.25, 0.3) is 5.78 Å². The van der Waals surface area contributed by atoms with Crippen LogP contribution in [0.5, 0.6) is 5.75 Å². The summed E-state index contributed by atoms with van der Waals surface area (Å²) in [7, 11) is 1.73. The first-order valence-corrected chi connectivity index (χ1v) is 8.82. The van der Waals surface area contributed by atoms with E-state index in [0.717, 1.165) is 11.3 Å². The molecule has 1 N–H and O–H groups in total. The SMILES string of the molecule is CCOc1ccc([C@@H](C)N(C)C(=O)Cc2c(C)nc3nc[nH]n3c2=O)cc1. The summed E-state index contributed by atoms with van der Waals surface area (Å²) >= 11 is 0. The minimum atomic E-state index is -0.300. The Morgan fingerprint density at radius 2 is 2.04 bits per heavy atom. The minimum absolute atomic E-state index is 0.0164. The normalized spacial score (nSPS) is 12.1. The summed E-state index contributed by atoms with van der Waals surface area (Å²) in [6.45, 7) is 6.21. The van der Waals surface area contributed by atoms with Crippen LogP contribution in [-0.2, 0) is 11.2 Å². The highest BCUT2D eigenvalue weighted by Gasteiger charge is 2.21. The third-order valence-corrected chi connectivity index (χ3v) is 4.71. The summed E-state index contributed by atoms with van der Waals surface area (Å²) in [5.41, 5.74) is 1.57. The number of carbonyl (C=O) groups is 1. The van der Waals surface area contributed by atoms with Crippen LogP contribution in [-0.4, -0.2) is 44.0 Å². The van der Waals surface area contributed by atoms with Crippen molar-refractivity contribution in [3.63, 3.8) is 0 Å². The third-order valence-electron chi connectivity index (χ3n) is 4.71. The molecule has 0 saturated carbocycles. The van der Waals surface area contributed by atoms with Gasteiger partial charge in [-0.15, -0.1) is 0 Å². The molecule has 2 heterocycles. The number of ether oxygens (including phenoxy) is 1. The number of hydrogen-bond donors (Lipinski definition) is 1. The third kappa shape index (κ3) is 3.69. The highest BCUT2D eigenvalue weighted by Crippen LogP contribution is 2.22. The van der Waals surface area contributed by atoms with Gasteiger partial charge in [0.2, 0.25) is 5.91 Å². The number of rotatable bonds is 6. The average molecular weight is 369 g/mol. The molecule has 3 aromatic rings. The van der Waals surface area contributed by atoms with Crippen LogP contribution in [0.15, 0.2) is 35.4 Å². The first-order valence-electron chi connectivity index (χ1n) is 8.82. The Balaban J connectivity index is 1.78. The molecule has 0 spiro atoms. The van der Waals surface area contributed by atoms with Crippen molar-refractivity contribution in [3.05, 3.63) is 57.8 Å². The number of amides is 1. The van der Waals surface area contributed by atoms with Crippen molar-refractivity contribution >= 4 is 11.7 Å². The number of aromatic nitrogens is 4. The van der Waals surface area contributed by atoms with E-state index in [0.29, 0.717) is 23.6 Å². The number of aromatic amines is 1. The van der Waals surface area contributed by atoms with Gasteiger partial charge >= 0.3 is 0 Å². The van der Waals surface area contributed by atoms with Gasteiger partial charge in [0.1, 0.15) is 12.1 Å². The number of carbonyl (C=O) groups excluding carboxylic acids is 1. The summed E-state index contributed by atoms with van der Waals surface area (Å²) < 4.78 is 6.69. The zero-order valence-electron chi connectivity index (χ0n) is 15.9. The lowest BCUT2D eigenvalue weighted by atomic mass is 10.1. The number of hydrogen-bond acceptors (Lipinski definition) is 5. The van der Waals surface area contributed by atoms with Crippen molar-refractivity contribution in [1.29, 1.82) is 0 Å². The molecule has 1 atom stereocenters. The van der Waals surface area contributed by atoms with Gasteiger partial charge in [-0.25, -0.2) is 9.97 Å². The van der Waals surface area contributed by atoms with Crippen LogP contribution in [0.2, 0.25) is 0 Å². The van der Waals surface area contributed by atoms with Gasteiger partial charge in [0.15, 0.2) is 0 Å². The molecule has 142 valence electrons. The number of H-pyrrole nitrogens is 1. The van der Waals surface area contributed by atoms with Crippen molar-refractivity contribution in [1.82, 2.24) is 24.5 Å². The van der Waals surface area contributed by atoms with Gasteiger partial charge in [0, 0.05) is 7.05 Å². The van der Waals surface area contributed by atoms with Crippen molar-refractivity contribution in [2.24, 2.45) is 0 Å². The second-order valence-electron chi connectivity index (χ2n) is 6.36. The molecule has 1 aromatic carbocycles. The van der Waals surface area contributed by atoms with Crippen LogP contribution in [0.4, 0.5) is 0 Å². The van der Waals surface area contributed by atoms with Gasteiger partial charge in [-0.2, -0.15) is 4.52 Å². The monoisotopic (exact) mass is 369 g/mol. The zero-order chi connectivity index (χ0) is 19.6. The lowest BCUT2D eigenvalue weighted by Gasteiger charge is -2.25. The van der Waals surface area contributed by atoms with Gasteiger partial charge < -0.3 is 9.64 Å².